The van der Waals surface area contributed by atoms with Crippen LogP contribution in [0.5, 0.6) is 0 Å². The lowest BCUT2D eigenvalue weighted by atomic mass is 10.0. The Hall–Kier alpha value is -1.14. The van der Waals surface area contributed by atoms with Crippen molar-refractivity contribution in [2.45, 2.75) is 373 Å². The summed E-state index contributed by atoms with van der Waals surface area (Å²) >= 11 is 0. The summed E-state index contributed by atoms with van der Waals surface area (Å²) in [6.45, 7) is 4.98. The zero-order valence-electron chi connectivity index (χ0n) is 46.4. The lowest BCUT2D eigenvalue weighted by molar-refractivity contribution is -0.143. The van der Waals surface area contributed by atoms with Crippen LogP contribution in [0.1, 0.15) is 361 Å². The van der Waals surface area contributed by atoms with Gasteiger partial charge >= 0.3 is 5.97 Å². The van der Waals surface area contributed by atoms with Crippen LogP contribution in [-0.4, -0.2) is 47.4 Å². The van der Waals surface area contributed by atoms with Gasteiger partial charge in [0.1, 0.15) is 0 Å². The fourth-order valence-corrected chi connectivity index (χ4v) is 10.1. The molecule has 6 heteroatoms. The Kier molecular flexibility index (Phi) is 57.5. The Morgan fingerprint density at radius 1 is 0.353 bits per heavy atom. The van der Waals surface area contributed by atoms with E-state index in [1.807, 2.05) is 0 Å². The van der Waals surface area contributed by atoms with Crippen molar-refractivity contribution in [2.75, 3.05) is 13.2 Å². The van der Waals surface area contributed by atoms with Gasteiger partial charge in [-0.2, -0.15) is 0 Å². The minimum Gasteiger partial charge on any atom is -0.466 e. The van der Waals surface area contributed by atoms with Crippen LogP contribution >= 0.6 is 0 Å². The van der Waals surface area contributed by atoms with Gasteiger partial charge in [0.25, 0.3) is 0 Å². The number of rotatable bonds is 59. The summed E-state index contributed by atoms with van der Waals surface area (Å²) in [5, 5.41) is 23.3. The summed E-state index contributed by atoms with van der Waals surface area (Å²) in [5.74, 6) is -0.0206. The van der Waals surface area contributed by atoms with E-state index < -0.39 is 12.1 Å². The lowest BCUT2D eigenvalue weighted by Crippen LogP contribution is -2.45. The van der Waals surface area contributed by atoms with Crippen molar-refractivity contribution in [3.63, 3.8) is 0 Å². The molecule has 0 fully saturated rings. The van der Waals surface area contributed by atoms with Crippen LogP contribution in [0.2, 0.25) is 0 Å². The first-order valence-electron chi connectivity index (χ1n) is 31.3. The fourth-order valence-electron chi connectivity index (χ4n) is 10.1. The third-order valence-corrected chi connectivity index (χ3v) is 14.9. The van der Waals surface area contributed by atoms with Gasteiger partial charge in [-0.3, -0.25) is 9.59 Å². The van der Waals surface area contributed by atoms with Crippen LogP contribution in [0, 0.1) is 0 Å². The SMILES string of the molecule is CCCCCCCCCCCCCCCCCCC(=O)OCCCCCCCCCCCCCCCCCCCCCC(=O)NC(CO)C(O)CCCCCCCCCCCCCCCCCC. The van der Waals surface area contributed by atoms with Gasteiger partial charge in [-0.1, -0.05) is 322 Å². The number of unbranched alkanes of at least 4 members (excludes halogenated alkanes) is 48. The maximum atomic E-state index is 12.5. The molecule has 2 unspecified atom stereocenters. The molecular weight excluding hydrogens is 839 g/mol. The third-order valence-electron chi connectivity index (χ3n) is 14.9. The van der Waals surface area contributed by atoms with Crippen molar-refractivity contribution >= 4 is 11.9 Å². The lowest BCUT2D eigenvalue weighted by Gasteiger charge is -2.22. The van der Waals surface area contributed by atoms with Crippen molar-refractivity contribution in [3.8, 4) is 0 Å². The van der Waals surface area contributed by atoms with Crippen molar-refractivity contribution in [1.82, 2.24) is 5.32 Å². The maximum Gasteiger partial charge on any atom is 0.305 e. The number of hydrogen-bond acceptors (Lipinski definition) is 5. The second-order valence-corrected chi connectivity index (χ2v) is 21.8. The first kappa shape index (κ1) is 66.9. The van der Waals surface area contributed by atoms with Crippen LogP contribution in [0.15, 0.2) is 0 Å². The fraction of sp³-hybridized carbons (Fsp3) is 0.968. The molecule has 0 aromatic carbocycles. The molecule has 0 saturated carbocycles. The molecule has 0 bridgehead atoms. The van der Waals surface area contributed by atoms with E-state index in [-0.39, 0.29) is 18.5 Å². The van der Waals surface area contributed by atoms with Crippen molar-refractivity contribution in [3.05, 3.63) is 0 Å². The number of nitrogens with one attached hydrogen (secondary N) is 1. The van der Waals surface area contributed by atoms with E-state index in [2.05, 4.69) is 19.2 Å². The van der Waals surface area contributed by atoms with E-state index >= 15 is 0 Å². The number of aliphatic hydroxyl groups excluding tert-OH is 2. The second-order valence-electron chi connectivity index (χ2n) is 21.8. The Morgan fingerprint density at radius 3 is 0.897 bits per heavy atom. The van der Waals surface area contributed by atoms with Crippen molar-refractivity contribution in [2.24, 2.45) is 0 Å². The molecule has 0 radical (unpaired) electrons. The third kappa shape index (κ3) is 54.2. The summed E-state index contributed by atoms with van der Waals surface area (Å²) in [5.41, 5.74) is 0. The highest BCUT2D eigenvalue weighted by Crippen LogP contribution is 2.19. The predicted octanol–water partition coefficient (Wildman–Crippen LogP) is 19.5. The normalized spacial score (nSPS) is 12.5. The zero-order chi connectivity index (χ0) is 49.3. The molecule has 0 aliphatic heterocycles. The van der Waals surface area contributed by atoms with Gasteiger partial charge in [0.2, 0.25) is 5.91 Å². The smallest absolute Gasteiger partial charge is 0.305 e. The van der Waals surface area contributed by atoms with E-state index in [1.165, 1.54) is 289 Å². The van der Waals surface area contributed by atoms with Gasteiger partial charge in [0.15, 0.2) is 0 Å². The molecule has 6 nitrogen and oxygen atoms in total. The van der Waals surface area contributed by atoms with Gasteiger partial charge < -0.3 is 20.3 Å². The van der Waals surface area contributed by atoms with Gasteiger partial charge in [-0.05, 0) is 25.7 Å². The summed E-state index contributed by atoms with van der Waals surface area (Å²) in [6, 6.07) is -0.542. The maximum absolute atomic E-state index is 12.5. The highest BCUT2D eigenvalue weighted by atomic mass is 16.5. The standard InChI is InChI=1S/C62H123NO5/c1-3-5-7-9-11-13-15-17-19-26-30-34-38-42-46-50-54-60(65)59(58-64)63-61(66)55-51-47-43-39-35-31-27-24-22-21-23-25-29-33-37-41-45-49-53-57-68-62(67)56-52-48-44-40-36-32-28-20-18-16-14-12-10-8-6-4-2/h59-60,64-65H,3-58H2,1-2H3,(H,63,66). The molecule has 0 rings (SSSR count). The molecule has 1 amide bonds. The first-order chi connectivity index (χ1) is 33.5. The number of hydrogen-bond donors (Lipinski definition) is 3. The summed E-state index contributed by atoms with van der Waals surface area (Å²) in [7, 11) is 0. The van der Waals surface area contributed by atoms with Crippen LogP contribution in [0.4, 0.5) is 0 Å². The number of esters is 1. The molecule has 0 aromatic rings. The number of ether oxygens (including phenoxy) is 1. The highest BCUT2D eigenvalue weighted by molar-refractivity contribution is 5.76. The van der Waals surface area contributed by atoms with Gasteiger partial charge in [0, 0.05) is 12.8 Å². The molecule has 0 spiro atoms. The van der Waals surface area contributed by atoms with E-state index in [1.54, 1.807) is 0 Å². The quantitative estimate of drug-likeness (QED) is 0.0417. The number of carbonyl (C=O) groups is 2. The topological polar surface area (TPSA) is 95.9 Å². The van der Waals surface area contributed by atoms with Crippen LogP contribution in [0.3, 0.4) is 0 Å². The van der Waals surface area contributed by atoms with Crippen molar-refractivity contribution < 1.29 is 24.5 Å². The largest absolute Gasteiger partial charge is 0.466 e. The molecule has 68 heavy (non-hydrogen) atoms. The molecule has 0 aliphatic carbocycles. The summed E-state index contributed by atoms with van der Waals surface area (Å²) in [4.78, 5) is 24.6. The molecule has 0 heterocycles. The minimum atomic E-state index is -0.665. The van der Waals surface area contributed by atoms with E-state index in [0.29, 0.717) is 25.9 Å². The van der Waals surface area contributed by atoms with Gasteiger partial charge in [-0.15, -0.1) is 0 Å². The van der Waals surface area contributed by atoms with Crippen LogP contribution in [-0.2, 0) is 14.3 Å². The molecule has 2 atom stereocenters. The average Bonchev–Trinajstić information content (AvgIpc) is 3.34. The highest BCUT2D eigenvalue weighted by Gasteiger charge is 2.20. The summed E-state index contributed by atoms with van der Waals surface area (Å²) in [6.07, 6.45) is 68.2. The van der Waals surface area contributed by atoms with E-state index in [9.17, 15) is 19.8 Å². The second kappa shape index (κ2) is 58.4. The minimum absolute atomic E-state index is 0.0137. The van der Waals surface area contributed by atoms with Gasteiger partial charge in [-0.25, -0.2) is 0 Å². The molecule has 406 valence electrons. The van der Waals surface area contributed by atoms with E-state index in [0.717, 1.165) is 38.5 Å². The molecular formula is C62H123NO5. The monoisotopic (exact) mass is 962 g/mol. The summed E-state index contributed by atoms with van der Waals surface area (Å²) < 4.78 is 5.49. The number of amides is 1. The number of carbonyl (C=O) groups excluding carboxylic acids is 2. The zero-order valence-corrected chi connectivity index (χ0v) is 46.4. The molecule has 3 N–H and O–H groups in total. The average molecular weight is 963 g/mol. The first-order valence-corrected chi connectivity index (χ1v) is 31.3. The molecule has 0 aromatic heterocycles. The molecule has 0 saturated heterocycles. The Labute approximate surface area is 426 Å². The Balaban J connectivity index is 3.37. The van der Waals surface area contributed by atoms with Crippen LogP contribution in [0.25, 0.3) is 0 Å². The molecule has 0 aliphatic rings. The Morgan fingerprint density at radius 2 is 0.603 bits per heavy atom. The Bertz CT molecular complexity index is 975. The number of aliphatic hydroxyl groups is 2. The van der Waals surface area contributed by atoms with E-state index in [4.69, 9.17) is 4.74 Å². The predicted molar refractivity (Wildman–Crippen MR) is 297 cm³/mol. The van der Waals surface area contributed by atoms with Gasteiger partial charge in [0.05, 0.1) is 25.4 Å². The van der Waals surface area contributed by atoms with Crippen LogP contribution < -0.4 is 5.32 Å². The van der Waals surface area contributed by atoms with Crippen molar-refractivity contribution in [1.29, 1.82) is 0 Å².